The van der Waals surface area contributed by atoms with E-state index in [1.165, 1.54) is 35.0 Å². The fourth-order valence-electron chi connectivity index (χ4n) is 2.20. The molecule has 0 aromatic heterocycles. The van der Waals surface area contributed by atoms with Gasteiger partial charge in [-0.15, -0.1) is 0 Å². The number of benzene rings is 1. The lowest BCUT2D eigenvalue weighted by molar-refractivity contribution is 0.554. The van der Waals surface area contributed by atoms with Gasteiger partial charge in [0.05, 0.1) is 0 Å². The van der Waals surface area contributed by atoms with Crippen molar-refractivity contribution in [3.8, 4) is 0 Å². The van der Waals surface area contributed by atoms with Crippen LogP contribution in [0.1, 0.15) is 25.3 Å². The van der Waals surface area contributed by atoms with Crippen LogP contribution in [0.15, 0.2) is 22.7 Å². The zero-order valence-corrected chi connectivity index (χ0v) is 11.3. The van der Waals surface area contributed by atoms with E-state index in [9.17, 15) is 0 Å². The number of nitrogens with one attached hydrogen (secondary N) is 2. The maximum absolute atomic E-state index is 3.62. The van der Waals surface area contributed by atoms with Crippen LogP contribution in [0.5, 0.6) is 0 Å². The van der Waals surface area contributed by atoms with Crippen LogP contribution in [-0.4, -0.2) is 19.1 Å². The number of halogens is 1. The van der Waals surface area contributed by atoms with E-state index in [-0.39, 0.29) is 0 Å². The molecule has 88 valence electrons. The second-order valence-corrected chi connectivity index (χ2v) is 5.24. The molecule has 0 saturated carbocycles. The topological polar surface area (TPSA) is 24.1 Å². The van der Waals surface area contributed by atoms with E-state index in [0.717, 1.165) is 13.1 Å². The minimum absolute atomic E-state index is 0.632. The van der Waals surface area contributed by atoms with Gasteiger partial charge >= 0.3 is 0 Å². The van der Waals surface area contributed by atoms with Gasteiger partial charge in [-0.2, -0.15) is 0 Å². The second kappa shape index (κ2) is 5.69. The van der Waals surface area contributed by atoms with E-state index in [1.54, 1.807) is 0 Å². The highest BCUT2D eigenvalue weighted by Crippen LogP contribution is 2.28. The molecule has 1 unspecified atom stereocenters. The Morgan fingerprint density at radius 2 is 2.38 bits per heavy atom. The average Bonchev–Trinajstić information content (AvgIpc) is 2.29. The van der Waals surface area contributed by atoms with E-state index in [0.29, 0.717) is 6.04 Å². The number of hydrogen-bond acceptors (Lipinski definition) is 2. The van der Waals surface area contributed by atoms with Gasteiger partial charge in [-0.05, 0) is 56.1 Å². The molecule has 2 rings (SSSR count). The molecule has 0 radical (unpaired) electrons. The van der Waals surface area contributed by atoms with Gasteiger partial charge in [0.15, 0.2) is 0 Å². The SMILES string of the molecule is CCNCCC1CCc2cc(Br)ccc2N1. The van der Waals surface area contributed by atoms with Crippen LogP contribution < -0.4 is 10.6 Å². The quantitative estimate of drug-likeness (QED) is 0.829. The molecule has 1 atom stereocenters. The van der Waals surface area contributed by atoms with Crippen molar-refractivity contribution in [1.29, 1.82) is 0 Å². The molecule has 1 aromatic rings. The Hall–Kier alpha value is -0.540. The third-order valence-electron chi connectivity index (χ3n) is 3.11. The van der Waals surface area contributed by atoms with E-state index < -0.39 is 0 Å². The van der Waals surface area contributed by atoms with Crippen molar-refractivity contribution in [3.63, 3.8) is 0 Å². The number of rotatable bonds is 4. The normalized spacial score (nSPS) is 19.0. The third-order valence-corrected chi connectivity index (χ3v) is 3.60. The van der Waals surface area contributed by atoms with Crippen molar-refractivity contribution in [2.24, 2.45) is 0 Å². The van der Waals surface area contributed by atoms with Crippen molar-refractivity contribution in [1.82, 2.24) is 5.32 Å². The summed E-state index contributed by atoms with van der Waals surface area (Å²) >= 11 is 3.52. The smallest absolute Gasteiger partial charge is 0.0375 e. The number of fused-ring (bicyclic) bond motifs is 1. The van der Waals surface area contributed by atoms with E-state index in [1.807, 2.05) is 0 Å². The molecular formula is C13H19BrN2. The van der Waals surface area contributed by atoms with Gasteiger partial charge in [-0.1, -0.05) is 22.9 Å². The molecule has 0 spiro atoms. The summed E-state index contributed by atoms with van der Waals surface area (Å²) in [5.74, 6) is 0. The van der Waals surface area contributed by atoms with Crippen molar-refractivity contribution in [2.75, 3.05) is 18.4 Å². The van der Waals surface area contributed by atoms with Crippen LogP contribution in [0.2, 0.25) is 0 Å². The molecule has 2 N–H and O–H groups in total. The summed E-state index contributed by atoms with van der Waals surface area (Å²) in [6, 6.07) is 7.15. The lowest BCUT2D eigenvalue weighted by Gasteiger charge is -2.27. The first-order valence-corrected chi connectivity index (χ1v) is 6.84. The lowest BCUT2D eigenvalue weighted by atomic mass is 9.96. The molecule has 0 fully saturated rings. The lowest BCUT2D eigenvalue weighted by Crippen LogP contribution is -2.29. The van der Waals surface area contributed by atoms with Crippen LogP contribution in [0.4, 0.5) is 5.69 Å². The van der Waals surface area contributed by atoms with Gasteiger partial charge in [-0.25, -0.2) is 0 Å². The predicted molar refractivity (Wildman–Crippen MR) is 73.0 cm³/mol. The van der Waals surface area contributed by atoms with E-state index in [2.05, 4.69) is 51.7 Å². The minimum atomic E-state index is 0.632. The largest absolute Gasteiger partial charge is 0.382 e. The third kappa shape index (κ3) is 2.98. The van der Waals surface area contributed by atoms with Crippen molar-refractivity contribution in [2.45, 2.75) is 32.2 Å². The predicted octanol–water partition coefficient (Wildman–Crippen LogP) is 3.18. The van der Waals surface area contributed by atoms with Crippen LogP contribution >= 0.6 is 15.9 Å². The summed E-state index contributed by atoms with van der Waals surface area (Å²) in [6.07, 6.45) is 3.65. The summed E-state index contributed by atoms with van der Waals surface area (Å²) < 4.78 is 1.18. The van der Waals surface area contributed by atoms with Crippen molar-refractivity contribution >= 4 is 21.6 Å². The standard InChI is InChI=1S/C13H19BrN2/c1-2-15-8-7-12-5-3-10-9-11(14)4-6-13(10)16-12/h4,6,9,12,15-16H,2-3,5,7-8H2,1H3. The Balaban J connectivity index is 1.93. The summed E-state index contributed by atoms with van der Waals surface area (Å²) in [5.41, 5.74) is 2.75. The van der Waals surface area contributed by atoms with Gasteiger partial charge in [0, 0.05) is 16.2 Å². The molecular weight excluding hydrogens is 264 g/mol. The van der Waals surface area contributed by atoms with Crippen LogP contribution in [0, 0.1) is 0 Å². The number of hydrogen-bond donors (Lipinski definition) is 2. The summed E-state index contributed by atoms with van der Waals surface area (Å²) in [7, 11) is 0. The molecule has 1 aliphatic rings. The molecule has 16 heavy (non-hydrogen) atoms. The number of aryl methyl sites for hydroxylation is 1. The Morgan fingerprint density at radius 3 is 3.19 bits per heavy atom. The van der Waals surface area contributed by atoms with Crippen LogP contribution in [0.3, 0.4) is 0 Å². The van der Waals surface area contributed by atoms with Crippen LogP contribution in [0.25, 0.3) is 0 Å². The molecule has 1 aromatic carbocycles. The van der Waals surface area contributed by atoms with E-state index in [4.69, 9.17) is 0 Å². The zero-order valence-electron chi connectivity index (χ0n) is 9.72. The molecule has 2 nitrogen and oxygen atoms in total. The highest BCUT2D eigenvalue weighted by Gasteiger charge is 2.16. The Bertz CT molecular complexity index is 352. The van der Waals surface area contributed by atoms with Gasteiger partial charge < -0.3 is 10.6 Å². The maximum atomic E-state index is 3.62. The number of anilines is 1. The molecule has 0 amide bonds. The molecule has 3 heteroatoms. The Morgan fingerprint density at radius 1 is 1.50 bits per heavy atom. The molecule has 1 heterocycles. The molecule has 0 aliphatic carbocycles. The molecule has 1 aliphatic heterocycles. The van der Waals surface area contributed by atoms with Crippen molar-refractivity contribution in [3.05, 3.63) is 28.2 Å². The van der Waals surface area contributed by atoms with Crippen LogP contribution in [-0.2, 0) is 6.42 Å². The fraction of sp³-hybridized carbons (Fsp3) is 0.538. The fourth-order valence-corrected chi connectivity index (χ4v) is 2.61. The second-order valence-electron chi connectivity index (χ2n) is 4.32. The minimum Gasteiger partial charge on any atom is -0.382 e. The maximum Gasteiger partial charge on any atom is 0.0375 e. The Labute approximate surface area is 106 Å². The van der Waals surface area contributed by atoms with Gasteiger partial charge in [-0.3, -0.25) is 0 Å². The molecule has 0 bridgehead atoms. The zero-order chi connectivity index (χ0) is 11.4. The first-order chi connectivity index (χ1) is 7.79. The first kappa shape index (κ1) is 11.9. The monoisotopic (exact) mass is 282 g/mol. The highest BCUT2D eigenvalue weighted by atomic mass is 79.9. The average molecular weight is 283 g/mol. The van der Waals surface area contributed by atoms with Gasteiger partial charge in [0.1, 0.15) is 0 Å². The highest BCUT2D eigenvalue weighted by molar-refractivity contribution is 9.10. The summed E-state index contributed by atoms with van der Waals surface area (Å²) in [4.78, 5) is 0. The first-order valence-electron chi connectivity index (χ1n) is 6.05. The van der Waals surface area contributed by atoms with E-state index >= 15 is 0 Å². The summed E-state index contributed by atoms with van der Waals surface area (Å²) in [6.45, 7) is 4.33. The van der Waals surface area contributed by atoms with Crippen molar-refractivity contribution < 1.29 is 0 Å². The molecule has 0 saturated heterocycles. The van der Waals surface area contributed by atoms with Gasteiger partial charge in [0.2, 0.25) is 0 Å². The van der Waals surface area contributed by atoms with Gasteiger partial charge in [0.25, 0.3) is 0 Å². The Kier molecular flexibility index (Phi) is 4.24. The summed E-state index contributed by atoms with van der Waals surface area (Å²) in [5, 5.41) is 7.00.